The topological polar surface area (TPSA) is 55.6 Å². The lowest BCUT2D eigenvalue weighted by molar-refractivity contribution is -0.275. The van der Waals surface area contributed by atoms with Gasteiger partial charge in [-0.05, 0) is 13.0 Å². The number of benzene rings is 1. The summed E-state index contributed by atoms with van der Waals surface area (Å²) in [5, 5.41) is 0. The molecule has 0 fully saturated rings. The lowest BCUT2D eigenvalue weighted by atomic mass is 10.2. The fourth-order valence-corrected chi connectivity index (χ4v) is 1.54. The van der Waals surface area contributed by atoms with Crippen molar-refractivity contribution in [3.63, 3.8) is 0 Å². The van der Waals surface area contributed by atoms with Gasteiger partial charge in [0.15, 0.2) is 0 Å². The van der Waals surface area contributed by atoms with E-state index in [0.717, 1.165) is 0 Å². The van der Waals surface area contributed by atoms with Crippen LogP contribution in [0.25, 0.3) is 0 Å². The van der Waals surface area contributed by atoms with Crippen LogP contribution in [-0.2, 0) is 11.3 Å². The number of amides is 1. The van der Waals surface area contributed by atoms with Gasteiger partial charge in [-0.1, -0.05) is 18.2 Å². The van der Waals surface area contributed by atoms with Gasteiger partial charge in [0.05, 0.1) is 6.04 Å². The number of alkyl halides is 3. The normalized spacial score (nSPS) is 12.9. The Morgan fingerprint density at radius 1 is 1.42 bits per heavy atom. The number of halogens is 3. The molecule has 0 aliphatic rings. The number of hydrogen-bond donors (Lipinski definition) is 1. The standard InChI is InChI=1S/C12H15F3N2O2/c1-8(16)11(18)17(2)7-9-5-3-4-6-10(9)19-12(13,14)15/h3-6,8H,7,16H2,1-2H3. The summed E-state index contributed by atoms with van der Waals surface area (Å²) in [6, 6.07) is 4.96. The molecule has 0 saturated heterocycles. The van der Waals surface area contributed by atoms with E-state index in [1.54, 1.807) is 6.07 Å². The zero-order valence-corrected chi connectivity index (χ0v) is 10.6. The Morgan fingerprint density at radius 2 is 2.00 bits per heavy atom. The van der Waals surface area contributed by atoms with E-state index in [4.69, 9.17) is 5.73 Å². The zero-order valence-electron chi connectivity index (χ0n) is 10.6. The Kier molecular flexibility index (Phi) is 4.77. The maximum atomic E-state index is 12.2. The lowest BCUT2D eigenvalue weighted by Crippen LogP contribution is -2.39. The summed E-state index contributed by atoms with van der Waals surface area (Å²) in [5.41, 5.74) is 5.69. The highest BCUT2D eigenvalue weighted by molar-refractivity contribution is 5.80. The molecule has 4 nitrogen and oxygen atoms in total. The molecule has 0 radical (unpaired) electrons. The molecule has 1 aromatic carbocycles. The van der Waals surface area contributed by atoms with Gasteiger partial charge in [0.1, 0.15) is 5.75 Å². The highest BCUT2D eigenvalue weighted by atomic mass is 19.4. The highest BCUT2D eigenvalue weighted by Gasteiger charge is 2.32. The van der Waals surface area contributed by atoms with Gasteiger partial charge < -0.3 is 15.4 Å². The maximum absolute atomic E-state index is 12.2. The molecule has 1 aromatic rings. The molecule has 2 N–H and O–H groups in total. The van der Waals surface area contributed by atoms with E-state index >= 15 is 0 Å². The number of nitrogens with zero attached hydrogens (tertiary/aromatic N) is 1. The van der Waals surface area contributed by atoms with Crippen LogP contribution in [0.2, 0.25) is 0 Å². The number of rotatable bonds is 4. The largest absolute Gasteiger partial charge is 0.573 e. The summed E-state index contributed by atoms with van der Waals surface area (Å²) < 4.78 is 40.6. The van der Waals surface area contributed by atoms with E-state index in [1.807, 2.05) is 0 Å². The molecule has 0 saturated carbocycles. The first kappa shape index (κ1) is 15.3. The van der Waals surface area contributed by atoms with Crippen molar-refractivity contribution >= 4 is 5.91 Å². The number of carbonyl (C=O) groups excluding carboxylic acids is 1. The Labute approximate surface area is 108 Å². The summed E-state index contributed by atoms with van der Waals surface area (Å²) in [6.45, 7) is 1.50. The van der Waals surface area contributed by atoms with Crippen LogP contribution in [0.3, 0.4) is 0 Å². The summed E-state index contributed by atoms with van der Waals surface area (Å²) in [4.78, 5) is 12.8. The van der Waals surface area contributed by atoms with Gasteiger partial charge in [0, 0.05) is 19.2 Å². The maximum Gasteiger partial charge on any atom is 0.573 e. The zero-order chi connectivity index (χ0) is 14.6. The predicted octanol–water partition coefficient (Wildman–Crippen LogP) is 1.89. The third-order valence-electron chi connectivity index (χ3n) is 2.37. The predicted molar refractivity (Wildman–Crippen MR) is 63.2 cm³/mol. The third-order valence-corrected chi connectivity index (χ3v) is 2.37. The molecular formula is C12H15F3N2O2. The lowest BCUT2D eigenvalue weighted by Gasteiger charge is -2.21. The summed E-state index contributed by atoms with van der Waals surface area (Å²) >= 11 is 0. The molecule has 7 heteroatoms. The molecule has 0 heterocycles. The molecule has 19 heavy (non-hydrogen) atoms. The molecule has 0 aromatic heterocycles. The van der Waals surface area contributed by atoms with Gasteiger partial charge in [-0.25, -0.2) is 0 Å². The van der Waals surface area contributed by atoms with Crippen LogP contribution in [-0.4, -0.2) is 30.3 Å². The van der Waals surface area contributed by atoms with Gasteiger partial charge in [-0.2, -0.15) is 0 Å². The van der Waals surface area contributed by atoms with Crippen molar-refractivity contribution in [2.45, 2.75) is 25.9 Å². The van der Waals surface area contributed by atoms with Crippen LogP contribution < -0.4 is 10.5 Å². The van der Waals surface area contributed by atoms with Crippen molar-refractivity contribution in [3.05, 3.63) is 29.8 Å². The number of para-hydroxylation sites is 1. The van der Waals surface area contributed by atoms with Crippen LogP contribution in [0.5, 0.6) is 5.75 Å². The third kappa shape index (κ3) is 4.78. The number of nitrogens with two attached hydrogens (primary N) is 1. The second-order valence-electron chi connectivity index (χ2n) is 4.14. The quantitative estimate of drug-likeness (QED) is 0.913. The van der Waals surface area contributed by atoms with Crippen molar-refractivity contribution in [2.75, 3.05) is 7.05 Å². The smallest absolute Gasteiger partial charge is 0.405 e. The SMILES string of the molecule is CC(N)C(=O)N(C)Cc1ccccc1OC(F)(F)F. The number of likely N-dealkylation sites (N-methyl/N-ethyl adjacent to an activating group) is 1. The van der Waals surface area contributed by atoms with Gasteiger partial charge in [0.25, 0.3) is 0 Å². The van der Waals surface area contributed by atoms with Crippen molar-refractivity contribution in [2.24, 2.45) is 5.73 Å². The van der Waals surface area contributed by atoms with Gasteiger partial charge >= 0.3 is 6.36 Å². The first-order valence-electron chi connectivity index (χ1n) is 5.55. The molecule has 0 aliphatic heterocycles. The Bertz CT molecular complexity index is 447. The molecule has 1 atom stereocenters. The average molecular weight is 276 g/mol. The summed E-state index contributed by atoms with van der Waals surface area (Å²) in [6.07, 6.45) is -4.76. The Hall–Kier alpha value is -1.76. The molecule has 0 aliphatic carbocycles. The minimum absolute atomic E-state index is 0.00731. The van der Waals surface area contributed by atoms with Crippen LogP contribution >= 0.6 is 0 Å². The van der Waals surface area contributed by atoms with Crippen molar-refractivity contribution in [3.8, 4) is 5.75 Å². The number of hydrogen-bond acceptors (Lipinski definition) is 3. The van der Waals surface area contributed by atoms with Crippen LogP contribution in [0.15, 0.2) is 24.3 Å². The second-order valence-corrected chi connectivity index (χ2v) is 4.14. The first-order chi connectivity index (χ1) is 8.70. The van der Waals surface area contributed by atoms with Gasteiger partial charge in [0.2, 0.25) is 5.91 Å². The number of carbonyl (C=O) groups is 1. The van der Waals surface area contributed by atoms with E-state index in [0.29, 0.717) is 0 Å². The molecule has 1 amide bonds. The van der Waals surface area contributed by atoms with Gasteiger partial charge in [-0.15, -0.1) is 13.2 Å². The average Bonchev–Trinajstić information content (AvgIpc) is 2.28. The van der Waals surface area contributed by atoms with E-state index < -0.39 is 12.4 Å². The molecule has 0 spiro atoms. The van der Waals surface area contributed by atoms with E-state index in [1.165, 1.54) is 37.1 Å². The van der Waals surface area contributed by atoms with Crippen LogP contribution in [0, 0.1) is 0 Å². The minimum Gasteiger partial charge on any atom is -0.405 e. The molecule has 1 rings (SSSR count). The van der Waals surface area contributed by atoms with E-state index in [9.17, 15) is 18.0 Å². The highest BCUT2D eigenvalue weighted by Crippen LogP contribution is 2.26. The van der Waals surface area contributed by atoms with Crippen molar-refractivity contribution in [1.29, 1.82) is 0 Å². The van der Waals surface area contributed by atoms with E-state index in [-0.39, 0.29) is 23.8 Å². The van der Waals surface area contributed by atoms with Crippen LogP contribution in [0.1, 0.15) is 12.5 Å². The molecular weight excluding hydrogens is 261 g/mol. The Balaban J connectivity index is 2.87. The van der Waals surface area contributed by atoms with Gasteiger partial charge in [-0.3, -0.25) is 4.79 Å². The Morgan fingerprint density at radius 3 is 2.53 bits per heavy atom. The number of ether oxygens (including phenoxy) is 1. The van der Waals surface area contributed by atoms with E-state index in [2.05, 4.69) is 4.74 Å². The van der Waals surface area contributed by atoms with Crippen molar-refractivity contribution < 1.29 is 22.7 Å². The fourth-order valence-electron chi connectivity index (χ4n) is 1.54. The summed E-state index contributed by atoms with van der Waals surface area (Å²) in [5.74, 6) is -0.680. The molecule has 0 bridgehead atoms. The second kappa shape index (κ2) is 5.92. The molecule has 106 valence electrons. The minimum atomic E-state index is -4.76. The monoisotopic (exact) mass is 276 g/mol. The first-order valence-corrected chi connectivity index (χ1v) is 5.55. The molecule has 1 unspecified atom stereocenters. The fraction of sp³-hybridized carbons (Fsp3) is 0.417. The van der Waals surface area contributed by atoms with Crippen LogP contribution in [0.4, 0.5) is 13.2 Å². The van der Waals surface area contributed by atoms with Crippen molar-refractivity contribution in [1.82, 2.24) is 4.90 Å². The summed E-state index contributed by atoms with van der Waals surface area (Å²) in [7, 11) is 1.47.